The van der Waals surface area contributed by atoms with Gasteiger partial charge in [0.2, 0.25) is 5.91 Å². The monoisotopic (exact) mass is 353 g/mol. The lowest BCUT2D eigenvalue weighted by Gasteiger charge is -2.16. The first kappa shape index (κ1) is 18.4. The molecular weight excluding hydrogens is 326 g/mol. The SMILES string of the molecule is CCOc1ccc(NC(=O)CN2C[C@@H](CN)[C@H](c3ccccc3)C2)cc1. The fourth-order valence-corrected chi connectivity index (χ4v) is 3.61. The van der Waals surface area contributed by atoms with Gasteiger partial charge < -0.3 is 15.8 Å². The zero-order valence-electron chi connectivity index (χ0n) is 15.2. The summed E-state index contributed by atoms with van der Waals surface area (Å²) in [4.78, 5) is 14.6. The number of nitrogens with one attached hydrogen (secondary N) is 1. The van der Waals surface area contributed by atoms with Crippen LogP contribution in [-0.2, 0) is 4.79 Å². The number of nitrogens with two attached hydrogens (primary N) is 1. The first-order valence-electron chi connectivity index (χ1n) is 9.19. The molecule has 2 aromatic carbocycles. The highest BCUT2D eigenvalue weighted by Gasteiger charge is 2.33. The summed E-state index contributed by atoms with van der Waals surface area (Å²) in [7, 11) is 0. The molecule has 0 unspecified atom stereocenters. The van der Waals surface area contributed by atoms with E-state index in [0.29, 0.717) is 31.5 Å². The van der Waals surface area contributed by atoms with Crippen LogP contribution in [-0.4, -0.2) is 43.6 Å². The van der Waals surface area contributed by atoms with E-state index >= 15 is 0 Å². The average Bonchev–Trinajstić information content (AvgIpc) is 3.07. The lowest BCUT2D eigenvalue weighted by Crippen LogP contribution is -2.32. The van der Waals surface area contributed by atoms with Gasteiger partial charge in [0.1, 0.15) is 5.75 Å². The van der Waals surface area contributed by atoms with E-state index < -0.39 is 0 Å². The Labute approximate surface area is 155 Å². The van der Waals surface area contributed by atoms with Gasteiger partial charge in [0, 0.05) is 24.7 Å². The van der Waals surface area contributed by atoms with Gasteiger partial charge in [-0.25, -0.2) is 0 Å². The highest BCUT2D eigenvalue weighted by Crippen LogP contribution is 2.31. The number of hydrogen-bond donors (Lipinski definition) is 2. The summed E-state index contributed by atoms with van der Waals surface area (Å²) in [5.74, 6) is 1.58. The molecule has 26 heavy (non-hydrogen) atoms. The van der Waals surface area contributed by atoms with Crippen molar-refractivity contribution in [3.05, 3.63) is 60.2 Å². The summed E-state index contributed by atoms with van der Waals surface area (Å²) in [5.41, 5.74) is 8.07. The van der Waals surface area contributed by atoms with Crippen LogP contribution in [0.4, 0.5) is 5.69 Å². The van der Waals surface area contributed by atoms with Crippen LogP contribution in [0, 0.1) is 5.92 Å². The van der Waals surface area contributed by atoms with Crippen LogP contribution < -0.4 is 15.8 Å². The van der Waals surface area contributed by atoms with E-state index in [4.69, 9.17) is 10.5 Å². The molecule has 2 atom stereocenters. The van der Waals surface area contributed by atoms with Gasteiger partial charge in [-0.3, -0.25) is 9.69 Å². The van der Waals surface area contributed by atoms with Gasteiger partial charge in [-0.2, -0.15) is 0 Å². The van der Waals surface area contributed by atoms with Gasteiger partial charge in [-0.05, 0) is 49.2 Å². The molecule has 5 nitrogen and oxygen atoms in total. The maximum Gasteiger partial charge on any atom is 0.238 e. The van der Waals surface area contributed by atoms with Crippen LogP contribution in [0.25, 0.3) is 0 Å². The molecule has 138 valence electrons. The van der Waals surface area contributed by atoms with Crippen LogP contribution in [0.1, 0.15) is 18.4 Å². The molecule has 1 aliphatic rings. The van der Waals surface area contributed by atoms with E-state index in [-0.39, 0.29) is 5.91 Å². The maximum atomic E-state index is 12.4. The van der Waals surface area contributed by atoms with Gasteiger partial charge >= 0.3 is 0 Å². The first-order valence-corrected chi connectivity index (χ1v) is 9.19. The number of likely N-dealkylation sites (tertiary alicyclic amines) is 1. The second-order valence-electron chi connectivity index (χ2n) is 6.71. The van der Waals surface area contributed by atoms with Crippen LogP contribution >= 0.6 is 0 Å². The number of carbonyl (C=O) groups is 1. The summed E-state index contributed by atoms with van der Waals surface area (Å²) < 4.78 is 5.42. The minimum atomic E-state index is -0.00126. The Morgan fingerprint density at radius 3 is 2.54 bits per heavy atom. The molecule has 1 fully saturated rings. The Balaban J connectivity index is 1.56. The van der Waals surface area contributed by atoms with Gasteiger partial charge in [0.15, 0.2) is 0 Å². The third-order valence-electron chi connectivity index (χ3n) is 4.86. The third kappa shape index (κ3) is 4.62. The number of amides is 1. The van der Waals surface area contributed by atoms with E-state index in [1.165, 1.54) is 5.56 Å². The summed E-state index contributed by atoms with van der Waals surface area (Å²) in [6, 6.07) is 17.9. The molecular formula is C21H27N3O2. The fraction of sp³-hybridized carbons (Fsp3) is 0.381. The lowest BCUT2D eigenvalue weighted by molar-refractivity contribution is -0.117. The van der Waals surface area contributed by atoms with Crippen LogP contribution in [0.3, 0.4) is 0 Å². The second-order valence-corrected chi connectivity index (χ2v) is 6.71. The summed E-state index contributed by atoms with van der Waals surface area (Å²) in [5, 5.41) is 2.96. The van der Waals surface area contributed by atoms with E-state index in [1.54, 1.807) is 0 Å². The molecule has 1 heterocycles. The summed E-state index contributed by atoms with van der Waals surface area (Å²) in [6.07, 6.45) is 0. The van der Waals surface area contributed by atoms with Crippen LogP contribution in [0.5, 0.6) is 5.75 Å². The maximum absolute atomic E-state index is 12.4. The smallest absolute Gasteiger partial charge is 0.238 e. The quantitative estimate of drug-likeness (QED) is 0.803. The number of carbonyl (C=O) groups excluding carboxylic acids is 1. The average molecular weight is 353 g/mol. The Kier molecular flexibility index (Phi) is 6.26. The lowest BCUT2D eigenvalue weighted by atomic mass is 9.89. The zero-order valence-corrected chi connectivity index (χ0v) is 15.2. The molecule has 0 aliphatic carbocycles. The molecule has 1 saturated heterocycles. The van der Waals surface area contributed by atoms with Gasteiger partial charge in [0.25, 0.3) is 0 Å². The molecule has 2 aromatic rings. The minimum absolute atomic E-state index is 0.00126. The predicted molar refractivity (Wildman–Crippen MR) is 104 cm³/mol. The highest BCUT2D eigenvalue weighted by atomic mass is 16.5. The van der Waals surface area contributed by atoms with Crippen molar-refractivity contribution in [3.63, 3.8) is 0 Å². The van der Waals surface area contributed by atoms with E-state index in [2.05, 4.69) is 34.5 Å². The van der Waals surface area contributed by atoms with Crippen molar-refractivity contribution in [1.29, 1.82) is 0 Å². The molecule has 3 rings (SSSR count). The van der Waals surface area contributed by atoms with E-state index in [9.17, 15) is 4.79 Å². The Hall–Kier alpha value is -2.37. The van der Waals surface area contributed by atoms with Gasteiger partial charge in [-0.1, -0.05) is 30.3 Å². The molecule has 0 bridgehead atoms. The van der Waals surface area contributed by atoms with Gasteiger partial charge in [0.05, 0.1) is 13.2 Å². The van der Waals surface area contributed by atoms with Crippen LogP contribution in [0.2, 0.25) is 0 Å². The minimum Gasteiger partial charge on any atom is -0.494 e. The predicted octanol–water partition coefficient (Wildman–Crippen LogP) is 2.70. The molecule has 0 saturated carbocycles. The fourth-order valence-electron chi connectivity index (χ4n) is 3.61. The van der Waals surface area contributed by atoms with E-state index in [1.807, 2.05) is 37.3 Å². The molecule has 1 aliphatic heterocycles. The van der Waals surface area contributed by atoms with Crippen molar-refractivity contribution in [2.24, 2.45) is 11.7 Å². The Morgan fingerprint density at radius 1 is 1.15 bits per heavy atom. The molecule has 0 aromatic heterocycles. The largest absolute Gasteiger partial charge is 0.494 e. The molecule has 5 heteroatoms. The van der Waals surface area contributed by atoms with Crippen molar-refractivity contribution in [1.82, 2.24) is 4.90 Å². The number of rotatable bonds is 7. The second kappa shape index (κ2) is 8.83. The van der Waals surface area contributed by atoms with Crippen molar-refractivity contribution < 1.29 is 9.53 Å². The summed E-state index contributed by atoms with van der Waals surface area (Å²) >= 11 is 0. The molecule has 0 spiro atoms. The summed E-state index contributed by atoms with van der Waals surface area (Å²) in [6.45, 7) is 5.31. The Morgan fingerprint density at radius 2 is 1.88 bits per heavy atom. The third-order valence-corrected chi connectivity index (χ3v) is 4.86. The molecule has 3 N–H and O–H groups in total. The number of ether oxygens (including phenoxy) is 1. The van der Waals surface area contributed by atoms with Crippen molar-refractivity contribution in [2.75, 3.05) is 38.1 Å². The number of benzene rings is 2. The number of hydrogen-bond acceptors (Lipinski definition) is 4. The van der Waals surface area contributed by atoms with Gasteiger partial charge in [-0.15, -0.1) is 0 Å². The van der Waals surface area contributed by atoms with Crippen molar-refractivity contribution >= 4 is 11.6 Å². The normalized spacial score (nSPS) is 20.1. The number of nitrogens with zero attached hydrogens (tertiary/aromatic N) is 1. The standard InChI is InChI=1S/C21H27N3O2/c1-2-26-19-10-8-18(9-11-19)23-21(25)15-24-13-17(12-22)20(14-24)16-6-4-3-5-7-16/h3-11,17,20H,2,12-15,22H2,1H3,(H,23,25)/t17-,20+/m1/s1. The molecule has 0 radical (unpaired) electrons. The van der Waals surface area contributed by atoms with Crippen molar-refractivity contribution in [3.8, 4) is 5.75 Å². The Bertz CT molecular complexity index is 703. The van der Waals surface area contributed by atoms with Crippen molar-refractivity contribution in [2.45, 2.75) is 12.8 Å². The zero-order chi connectivity index (χ0) is 18.4. The highest BCUT2D eigenvalue weighted by molar-refractivity contribution is 5.92. The molecule has 1 amide bonds. The number of anilines is 1. The van der Waals surface area contributed by atoms with Crippen LogP contribution in [0.15, 0.2) is 54.6 Å². The topological polar surface area (TPSA) is 67.6 Å². The first-order chi connectivity index (χ1) is 12.7. The van der Waals surface area contributed by atoms with E-state index in [0.717, 1.165) is 24.5 Å².